The Morgan fingerprint density at radius 1 is 1.06 bits per heavy atom. The van der Waals surface area contributed by atoms with Crippen LogP contribution in [0.3, 0.4) is 0 Å². The van der Waals surface area contributed by atoms with E-state index in [1.165, 1.54) is 38.7 Å². The van der Waals surface area contributed by atoms with Crippen molar-refractivity contribution in [3.05, 3.63) is 52.8 Å². The van der Waals surface area contributed by atoms with Gasteiger partial charge in [0.2, 0.25) is 5.75 Å². The van der Waals surface area contributed by atoms with Crippen molar-refractivity contribution in [3.8, 4) is 17.2 Å². The summed E-state index contributed by atoms with van der Waals surface area (Å²) in [5, 5.41) is 0. The van der Waals surface area contributed by atoms with Gasteiger partial charge in [-0.25, -0.2) is 0 Å². The van der Waals surface area contributed by atoms with Gasteiger partial charge >= 0.3 is 5.97 Å². The molecule has 0 aliphatic heterocycles. The second kappa shape index (κ2) is 10.6. The van der Waals surface area contributed by atoms with Gasteiger partial charge in [0.25, 0.3) is 5.91 Å². The lowest BCUT2D eigenvalue weighted by Gasteiger charge is -2.12. The first-order valence-electron chi connectivity index (χ1n) is 9.81. The Balaban J connectivity index is 1.95. The molecule has 0 aliphatic rings. The van der Waals surface area contributed by atoms with Crippen LogP contribution in [0.2, 0.25) is 0 Å². The van der Waals surface area contributed by atoms with E-state index in [2.05, 4.69) is 4.99 Å². The zero-order chi connectivity index (χ0) is 23.1. The Bertz CT molecular complexity index is 1200. The predicted octanol–water partition coefficient (Wildman–Crippen LogP) is 3.43. The third kappa shape index (κ3) is 5.17. The van der Waals surface area contributed by atoms with Crippen LogP contribution in [0.25, 0.3) is 16.3 Å². The van der Waals surface area contributed by atoms with E-state index < -0.39 is 11.9 Å². The maximum Gasteiger partial charge on any atom is 0.326 e. The maximum absolute atomic E-state index is 12.6. The largest absolute Gasteiger partial charge is 0.493 e. The number of aromatic nitrogens is 1. The van der Waals surface area contributed by atoms with Gasteiger partial charge in [-0.2, -0.15) is 4.99 Å². The highest BCUT2D eigenvalue weighted by molar-refractivity contribution is 7.16. The minimum atomic E-state index is -0.470. The van der Waals surface area contributed by atoms with Crippen molar-refractivity contribution in [2.75, 3.05) is 27.9 Å². The smallest absolute Gasteiger partial charge is 0.326 e. The number of ether oxygens (including phenoxy) is 4. The molecule has 0 fully saturated rings. The van der Waals surface area contributed by atoms with Crippen LogP contribution >= 0.6 is 11.3 Å². The van der Waals surface area contributed by atoms with Crippen molar-refractivity contribution in [1.29, 1.82) is 0 Å². The summed E-state index contributed by atoms with van der Waals surface area (Å²) in [4.78, 5) is 29.3. The van der Waals surface area contributed by atoms with Crippen LogP contribution in [0.5, 0.6) is 17.2 Å². The van der Waals surface area contributed by atoms with E-state index >= 15 is 0 Å². The first kappa shape index (κ1) is 23.1. The summed E-state index contributed by atoms with van der Waals surface area (Å²) < 4.78 is 23.6. The molecule has 0 unspecified atom stereocenters. The number of carbonyl (C=O) groups excluding carboxylic acids is 2. The van der Waals surface area contributed by atoms with E-state index in [0.717, 1.165) is 10.2 Å². The van der Waals surface area contributed by atoms with E-state index in [4.69, 9.17) is 18.9 Å². The molecule has 0 atom stereocenters. The summed E-state index contributed by atoms with van der Waals surface area (Å²) in [5.74, 6) is 0.564. The van der Waals surface area contributed by atoms with Gasteiger partial charge in [-0.05, 0) is 42.8 Å². The van der Waals surface area contributed by atoms with Crippen LogP contribution in [0.4, 0.5) is 0 Å². The average molecular weight is 457 g/mol. The Hall–Kier alpha value is -3.59. The molecule has 8 nitrogen and oxygen atoms in total. The number of benzene rings is 2. The summed E-state index contributed by atoms with van der Waals surface area (Å²) >= 11 is 1.33. The van der Waals surface area contributed by atoms with Gasteiger partial charge in [0.05, 0.1) is 38.2 Å². The molecule has 168 valence electrons. The van der Waals surface area contributed by atoms with Crippen molar-refractivity contribution in [2.24, 2.45) is 4.99 Å². The highest BCUT2D eigenvalue weighted by Gasteiger charge is 2.13. The van der Waals surface area contributed by atoms with E-state index in [1.54, 1.807) is 29.7 Å². The van der Waals surface area contributed by atoms with Crippen molar-refractivity contribution < 1.29 is 28.5 Å². The van der Waals surface area contributed by atoms with Gasteiger partial charge in [0.15, 0.2) is 16.3 Å². The van der Waals surface area contributed by atoms with Gasteiger partial charge < -0.3 is 23.5 Å². The molecule has 9 heteroatoms. The third-order valence-corrected chi connectivity index (χ3v) is 5.55. The number of amides is 1. The molecule has 0 saturated carbocycles. The molecule has 3 aromatic rings. The fourth-order valence-electron chi connectivity index (χ4n) is 3.09. The molecule has 0 radical (unpaired) electrons. The lowest BCUT2D eigenvalue weighted by atomic mass is 10.1. The molecule has 32 heavy (non-hydrogen) atoms. The number of hydrogen-bond donors (Lipinski definition) is 0. The summed E-state index contributed by atoms with van der Waals surface area (Å²) in [5.41, 5.74) is 1.49. The van der Waals surface area contributed by atoms with E-state index in [1.807, 2.05) is 24.3 Å². The third-order valence-electron chi connectivity index (χ3n) is 4.49. The van der Waals surface area contributed by atoms with Crippen LogP contribution in [-0.2, 0) is 20.9 Å². The molecule has 1 amide bonds. The molecule has 0 saturated heterocycles. The number of fused-ring (bicyclic) bond motifs is 1. The Morgan fingerprint density at radius 2 is 1.75 bits per heavy atom. The van der Waals surface area contributed by atoms with Crippen LogP contribution in [0, 0.1) is 0 Å². The van der Waals surface area contributed by atoms with Crippen molar-refractivity contribution in [3.63, 3.8) is 0 Å². The average Bonchev–Trinajstić information content (AvgIpc) is 3.13. The minimum Gasteiger partial charge on any atom is -0.493 e. The quantitative estimate of drug-likeness (QED) is 0.381. The minimum absolute atomic E-state index is 0.0272. The van der Waals surface area contributed by atoms with Crippen LogP contribution in [0.15, 0.2) is 47.5 Å². The molecule has 1 heterocycles. The fourth-order valence-corrected chi connectivity index (χ4v) is 4.13. The lowest BCUT2D eigenvalue weighted by molar-refractivity contribution is -0.143. The van der Waals surface area contributed by atoms with Crippen molar-refractivity contribution in [1.82, 2.24) is 4.57 Å². The van der Waals surface area contributed by atoms with Gasteiger partial charge in [0.1, 0.15) is 6.54 Å². The zero-order valence-corrected chi connectivity index (χ0v) is 19.1. The van der Waals surface area contributed by atoms with E-state index in [9.17, 15) is 9.59 Å². The Kier molecular flexibility index (Phi) is 7.67. The molecular weight excluding hydrogens is 432 g/mol. The SMILES string of the molecule is CCOC(=O)Cn1c(=NC(=O)C=Cc2cc(OC)c(OC)c(OC)c2)sc2ccccc21. The highest BCUT2D eigenvalue weighted by Crippen LogP contribution is 2.38. The molecule has 1 aromatic heterocycles. The number of para-hydroxylation sites is 1. The predicted molar refractivity (Wildman–Crippen MR) is 122 cm³/mol. The number of hydrogen-bond acceptors (Lipinski definition) is 7. The van der Waals surface area contributed by atoms with Gasteiger partial charge in [-0.15, -0.1) is 0 Å². The lowest BCUT2D eigenvalue weighted by Crippen LogP contribution is -2.22. The molecule has 0 N–H and O–H groups in total. The number of methoxy groups -OCH3 is 3. The second-order valence-electron chi connectivity index (χ2n) is 6.49. The number of nitrogens with zero attached hydrogens (tertiary/aromatic N) is 2. The Morgan fingerprint density at radius 3 is 2.38 bits per heavy atom. The van der Waals surface area contributed by atoms with Crippen LogP contribution in [0.1, 0.15) is 12.5 Å². The number of esters is 1. The van der Waals surface area contributed by atoms with Crippen molar-refractivity contribution >= 4 is 39.5 Å². The normalized spacial score (nSPS) is 11.7. The molecule has 2 aromatic carbocycles. The topological polar surface area (TPSA) is 88.4 Å². The van der Waals surface area contributed by atoms with E-state index in [0.29, 0.717) is 27.6 Å². The first-order valence-corrected chi connectivity index (χ1v) is 10.6. The van der Waals surface area contributed by atoms with Gasteiger partial charge in [-0.1, -0.05) is 23.5 Å². The Labute approximate surface area is 189 Å². The zero-order valence-electron chi connectivity index (χ0n) is 18.3. The van der Waals surface area contributed by atoms with Crippen LogP contribution in [-0.4, -0.2) is 44.4 Å². The van der Waals surface area contributed by atoms with Gasteiger partial charge in [0, 0.05) is 6.08 Å². The van der Waals surface area contributed by atoms with Crippen molar-refractivity contribution in [2.45, 2.75) is 13.5 Å². The summed E-state index contributed by atoms with van der Waals surface area (Å²) in [6.45, 7) is 2.00. The molecule has 3 rings (SSSR count). The number of thiazole rings is 1. The molecular formula is C23H24N2O6S. The molecule has 0 spiro atoms. The highest BCUT2D eigenvalue weighted by atomic mass is 32.1. The second-order valence-corrected chi connectivity index (χ2v) is 7.49. The number of rotatable bonds is 8. The monoisotopic (exact) mass is 456 g/mol. The summed E-state index contributed by atoms with van der Waals surface area (Å²) in [7, 11) is 4.57. The molecule has 0 bridgehead atoms. The molecule has 0 aliphatic carbocycles. The summed E-state index contributed by atoms with van der Waals surface area (Å²) in [6, 6.07) is 11.0. The fraction of sp³-hybridized carbons (Fsp3) is 0.261. The van der Waals surface area contributed by atoms with E-state index in [-0.39, 0.29) is 13.2 Å². The first-order chi connectivity index (χ1) is 15.5. The standard InChI is InChI=1S/C23H24N2O6S/c1-5-31-21(27)14-25-16-8-6-7-9-19(16)32-23(25)24-20(26)11-10-15-12-17(28-2)22(30-4)18(13-15)29-3/h6-13H,5,14H2,1-4H3. The van der Waals surface area contributed by atoms with Crippen LogP contribution < -0.4 is 19.0 Å². The van der Waals surface area contributed by atoms with Gasteiger partial charge in [-0.3, -0.25) is 9.59 Å². The maximum atomic E-state index is 12.6. The summed E-state index contributed by atoms with van der Waals surface area (Å²) in [6.07, 6.45) is 2.96. The number of carbonyl (C=O) groups is 2.